The number of nitrogens with zero attached hydrogens (tertiary/aromatic N) is 3. The van der Waals surface area contributed by atoms with Crippen LogP contribution in [0.15, 0.2) is 53.5 Å². The van der Waals surface area contributed by atoms with Gasteiger partial charge in [-0.1, -0.05) is 12.1 Å². The number of nitrogens with one attached hydrogen (secondary N) is 2. The summed E-state index contributed by atoms with van der Waals surface area (Å²) in [5.41, 5.74) is 4.42. The zero-order valence-corrected chi connectivity index (χ0v) is 16.7. The Hall–Kier alpha value is -3.81. The highest BCUT2D eigenvalue weighted by Crippen LogP contribution is 2.36. The molecular weight excluding hydrogens is 382 g/mol. The number of hydrogen-bond acceptors (Lipinski definition) is 6. The Kier molecular flexibility index (Phi) is 4.39. The number of carbonyl (C=O) groups excluding carboxylic acids is 1. The van der Waals surface area contributed by atoms with Crippen molar-refractivity contribution < 1.29 is 13.9 Å². The first-order valence-corrected chi connectivity index (χ1v) is 9.70. The van der Waals surface area contributed by atoms with Crippen molar-refractivity contribution in [1.82, 2.24) is 14.4 Å². The molecule has 30 heavy (non-hydrogen) atoms. The number of hydrogen-bond donors (Lipinski definition) is 2. The van der Waals surface area contributed by atoms with Crippen molar-refractivity contribution >= 4 is 23.1 Å². The number of oxazole rings is 1. The van der Waals surface area contributed by atoms with Crippen LogP contribution in [0.4, 0.5) is 11.5 Å². The van der Waals surface area contributed by atoms with E-state index in [2.05, 4.69) is 15.6 Å². The summed E-state index contributed by atoms with van der Waals surface area (Å²) in [5, 5.41) is 6.40. The van der Waals surface area contributed by atoms with Gasteiger partial charge in [0.05, 0.1) is 31.5 Å². The minimum Gasteiger partial charge on any atom is -0.497 e. The lowest BCUT2D eigenvalue weighted by molar-refractivity contribution is -0.117. The molecule has 3 aromatic heterocycles. The van der Waals surface area contributed by atoms with Gasteiger partial charge in [-0.15, -0.1) is 0 Å². The average molecular weight is 403 g/mol. The summed E-state index contributed by atoms with van der Waals surface area (Å²) >= 11 is 0. The fraction of sp³-hybridized carbons (Fsp3) is 0.227. The predicted octanol–water partition coefficient (Wildman–Crippen LogP) is 3.53. The first-order valence-electron chi connectivity index (χ1n) is 9.70. The van der Waals surface area contributed by atoms with Gasteiger partial charge in [0.15, 0.2) is 6.39 Å². The van der Waals surface area contributed by atoms with E-state index in [-0.39, 0.29) is 5.91 Å². The summed E-state index contributed by atoms with van der Waals surface area (Å²) in [7, 11) is 1.61. The van der Waals surface area contributed by atoms with E-state index >= 15 is 0 Å². The van der Waals surface area contributed by atoms with Gasteiger partial charge < -0.3 is 19.8 Å². The molecule has 4 heterocycles. The van der Waals surface area contributed by atoms with Crippen molar-refractivity contribution in [1.29, 1.82) is 0 Å². The highest BCUT2D eigenvalue weighted by atomic mass is 16.5. The van der Waals surface area contributed by atoms with E-state index in [0.717, 1.165) is 28.3 Å². The summed E-state index contributed by atoms with van der Waals surface area (Å²) in [6.07, 6.45) is 5.63. The normalized spacial score (nSPS) is 15.7. The predicted molar refractivity (Wildman–Crippen MR) is 112 cm³/mol. The monoisotopic (exact) mass is 403 g/mol. The minimum absolute atomic E-state index is 0.0846. The van der Waals surface area contributed by atoms with Gasteiger partial charge in [0.1, 0.15) is 23.0 Å². The Balaban J connectivity index is 1.55. The lowest BCUT2D eigenvalue weighted by Crippen LogP contribution is -2.29. The molecule has 0 bridgehead atoms. The standard InChI is InChI=1S/C22H21N5O3/c1-13-3-6-19-26-20(21(27(19)11-13)24-10-16-9-23-12-30-16)17-7-14-4-5-15(29-2)8-18(14)25-22(17)28/h3-6,8-9,11-12,17,24H,7,10H2,1-2H3,(H,25,28). The fourth-order valence-electron chi connectivity index (χ4n) is 3.82. The fourth-order valence-corrected chi connectivity index (χ4v) is 3.82. The molecule has 0 radical (unpaired) electrons. The highest BCUT2D eigenvalue weighted by Gasteiger charge is 2.32. The SMILES string of the molecule is COc1ccc2c(c1)NC(=O)C(c1nc3ccc(C)cn3c1NCc1cnco1)C2. The average Bonchev–Trinajstić information content (AvgIpc) is 3.38. The number of methoxy groups -OCH3 is 1. The maximum absolute atomic E-state index is 13.0. The molecule has 0 saturated carbocycles. The maximum Gasteiger partial charge on any atom is 0.234 e. The molecule has 0 aliphatic carbocycles. The summed E-state index contributed by atoms with van der Waals surface area (Å²) < 4.78 is 12.6. The molecule has 0 saturated heterocycles. The van der Waals surface area contributed by atoms with Gasteiger partial charge in [-0.25, -0.2) is 9.97 Å². The Bertz CT molecular complexity index is 1230. The third-order valence-electron chi connectivity index (χ3n) is 5.35. The molecule has 1 atom stereocenters. The van der Waals surface area contributed by atoms with Gasteiger partial charge in [0.2, 0.25) is 5.91 Å². The summed E-state index contributed by atoms with van der Waals surface area (Å²) in [5.74, 6) is 1.70. The Labute approximate surface area is 172 Å². The summed E-state index contributed by atoms with van der Waals surface area (Å²) in [6, 6.07) is 9.71. The zero-order valence-electron chi connectivity index (χ0n) is 16.7. The number of pyridine rings is 1. The van der Waals surface area contributed by atoms with Crippen LogP contribution < -0.4 is 15.4 Å². The molecule has 5 rings (SSSR count). The van der Waals surface area contributed by atoms with Crippen molar-refractivity contribution in [3.8, 4) is 5.75 Å². The van der Waals surface area contributed by atoms with Gasteiger partial charge in [0.25, 0.3) is 0 Å². The second-order valence-corrected chi connectivity index (χ2v) is 7.37. The van der Waals surface area contributed by atoms with Crippen LogP contribution in [0.1, 0.15) is 28.5 Å². The minimum atomic E-state index is -0.414. The van der Waals surface area contributed by atoms with Crippen LogP contribution in [0.5, 0.6) is 5.75 Å². The lowest BCUT2D eigenvalue weighted by Gasteiger charge is -2.24. The van der Waals surface area contributed by atoms with Gasteiger partial charge in [-0.05, 0) is 36.6 Å². The van der Waals surface area contributed by atoms with Crippen molar-refractivity contribution in [2.75, 3.05) is 17.7 Å². The molecule has 1 aliphatic rings. The van der Waals surface area contributed by atoms with Gasteiger partial charge in [-0.3, -0.25) is 9.20 Å². The number of aromatic nitrogens is 3. The third-order valence-corrected chi connectivity index (χ3v) is 5.35. The van der Waals surface area contributed by atoms with Crippen LogP contribution in [0.3, 0.4) is 0 Å². The van der Waals surface area contributed by atoms with E-state index in [1.165, 1.54) is 6.39 Å². The van der Waals surface area contributed by atoms with E-state index in [0.29, 0.717) is 30.2 Å². The van der Waals surface area contributed by atoms with Crippen molar-refractivity contribution in [3.05, 3.63) is 71.7 Å². The van der Waals surface area contributed by atoms with Gasteiger partial charge >= 0.3 is 0 Å². The van der Waals surface area contributed by atoms with Crippen molar-refractivity contribution in [2.24, 2.45) is 0 Å². The zero-order chi connectivity index (χ0) is 20.7. The van der Waals surface area contributed by atoms with E-state index in [1.807, 2.05) is 47.9 Å². The lowest BCUT2D eigenvalue weighted by atomic mass is 9.90. The second-order valence-electron chi connectivity index (χ2n) is 7.37. The first kappa shape index (κ1) is 18.2. The van der Waals surface area contributed by atoms with Gasteiger partial charge in [-0.2, -0.15) is 0 Å². The number of amides is 1. The molecule has 1 unspecified atom stereocenters. The molecule has 0 spiro atoms. The number of aryl methyl sites for hydroxylation is 1. The maximum atomic E-state index is 13.0. The number of rotatable bonds is 5. The van der Waals surface area contributed by atoms with Crippen LogP contribution in [0, 0.1) is 6.92 Å². The molecule has 1 amide bonds. The Morgan fingerprint density at radius 2 is 2.23 bits per heavy atom. The number of ether oxygens (including phenoxy) is 1. The van der Waals surface area contributed by atoms with Crippen LogP contribution in [-0.2, 0) is 17.8 Å². The highest BCUT2D eigenvalue weighted by molar-refractivity contribution is 5.99. The molecule has 2 N–H and O–H groups in total. The number of fused-ring (bicyclic) bond motifs is 2. The molecule has 1 aromatic carbocycles. The van der Waals surface area contributed by atoms with E-state index in [1.54, 1.807) is 13.3 Å². The van der Waals surface area contributed by atoms with Gasteiger partial charge in [0, 0.05) is 18.0 Å². The van der Waals surface area contributed by atoms with E-state index in [9.17, 15) is 4.79 Å². The largest absolute Gasteiger partial charge is 0.497 e. The topological polar surface area (TPSA) is 93.7 Å². The first-order chi connectivity index (χ1) is 14.6. The quantitative estimate of drug-likeness (QED) is 0.530. The number of benzene rings is 1. The van der Waals surface area contributed by atoms with Crippen LogP contribution in [-0.4, -0.2) is 27.4 Å². The van der Waals surface area contributed by atoms with Crippen LogP contribution in [0.2, 0.25) is 0 Å². The molecule has 152 valence electrons. The summed E-state index contributed by atoms with van der Waals surface area (Å²) in [6.45, 7) is 2.47. The van der Waals surface area contributed by atoms with Crippen LogP contribution in [0.25, 0.3) is 5.65 Å². The van der Waals surface area contributed by atoms with Crippen molar-refractivity contribution in [2.45, 2.75) is 25.8 Å². The molecule has 1 aliphatic heterocycles. The molecule has 4 aromatic rings. The summed E-state index contributed by atoms with van der Waals surface area (Å²) in [4.78, 5) is 21.8. The van der Waals surface area contributed by atoms with E-state index < -0.39 is 5.92 Å². The molecule has 8 nitrogen and oxygen atoms in total. The van der Waals surface area contributed by atoms with E-state index in [4.69, 9.17) is 14.1 Å². The van der Waals surface area contributed by atoms with Crippen molar-refractivity contribution in [3.63, 3.8) is 0 Å². The number of carbonyl (C=O) groups is 1. The Morgan fingerprint density at radius 1 is 1.33 bits per heavy atom. The smallest absolute Gasteiger partial charge is 0.234 e. The second kappa shape index (κ2) is 7.22. The Morgan fingerprint density at radius 3 is 3.03 bits per heavy atom. The molecule has 8 heteroatoms. The third kappa shape index (κ3) is 3.16. The van der Waals surface area contributed by atoms with Crippen LogP contribution >= 0.6 is 0 Å². The molecule has 0 fully saturated rings. The number of anilines is 2. The number of imidazole rings is 1. The molecular formula is C22H21N5O3.